The Labute approximate surface area is 206 Å². The lowest BCUT2D eigenvalue weighted by atomic mass is 9.47. The molecule has 0 bridgehead atoms. The molecule has 5 aromatic rings. The quantitative estimate of drug-likeness (QED) is 0.284. The smallest absolute Gasteiger partial charge is 0.0845 e. The maximum absolute atomic E-state index is 2.48. The Bertz CT molecular complexity index is 1110. The molecule has 0 heterocycles. The molecular weight excluding hydrogens is 404 g/mol. The van der Waals surface area contributed by atoms with Crippen molar-refractivity contribution in [3.63, 3.8) is 0 Å². The average Bonchev–Trinajstić information content (AvgIpc) is 2.89. The fraction of sp³-hybridized carbons (Fsp3) is 0. The molecule has 4 heteroatoms. The standard InChI is InChI=1S/C30H26B4/c1-5-13-23(14-6-1)31-27-21-29(33-25-17-9-3-10-18-25)30(34-26-19-11-4-12-20-26)22-28(27)32-24-15-7-2-8-16-24/h1-22,31-34H. The molecule has 0 aliphatic rings. The Morgan fingerprint density at radius 3 is 0.676 bits per heavy atom. The molecule has 0 N–H and O–H groups in total. The molecule has 0 saturated carbocycles. The number of rotatable bonds is 8. The van der Waals surface area contributed by atoms with Crippen molar-refractivity contribution in [2.75, 3.05) is 0 Å². The SMILES string of the molecule is B(c1ccccc1)c1cc(Bc2ccccc2)c(Bc2ccccc2)cc1Bc1ccccc1. The molecule has 34 heavy (non-hydrogen) atoms. The van der Waals surface area contributed by atoms with E-state index in [1.54, 1.807) is 0 Å². The maximum Gasteiger partial charge on any atom is 0.191 e. The average molecular weight is 430 g/mol. The minimum absolute atomic E-state index is 0.955. The van der Waals surface area contributed by atoms with E-state index in [4.69, 9.17) is 0 Å². The molecular formula is C30H26B4. The number of benzene rings is 5. The summed E-state index contributed by atoms with van der Waals surface area (Å²) in [6.45, 7) is 0. The Morgan fingerprint density at radius 1 is 0.265 bits per heavy atom. The van der Waals surface area contributed by atoms with Gasteiger partial charge < -0.3 is 0 Å². The van der Waals surface area contributed by atoms with Gasteiger partial charge in [0, 0.05) is 0 Å². The highest BCUT2D eigenvalue weighted by molar-refractivity contribution is 6.83. The monoisotopic (exact) mass is 430 g/mol. The van der Waals surface area contributed by atoms with Crippen LogP contribution in [-0.2, 0) is 0 Å². The van der Waals surface area contributed by atoms with Gasteiger partial charge in [-0.2, -0.15) is 0 Å². The van der Waals surface area contributed by atoms with E-state index in [1.165, 1.54) is 43.7 Å². The molecule has 0 amide bonds. The van der Waals surface area contributed by atoms with Crippen molar-refractivity contribution >= 4 is 72.8 Å². The minimum atomic E-state index is 0.955. The summed E-state index contributed by atoms with van der Waals surface area (Å²) in [4.78, 5) is 0. The third-order valence-corrected chi connectivity index (χ3v) is 6.47. The lowest BCUT2D eigenvalue weighted by molar-refractivity contribution is 1.76. The van der Waals surface area contributed by atoms with E-state index in [2.05, 4.69) is 133 Å². The minimum Gasteiger partial charge on any atom is -0.0845 e. The second kappa shape index (κ2) is 11.0. The number of hydrogen-bond acceptors (Lipinski definition) is 0. The van der Waals surface area contributed by atoms with Gasteiger partial charge in [0.05, 0.1) is 0 Å². The first kappa shape index (κ1) is 22.2. The molecule has 0 radical (unpaired) electrons. The Balaban J connectivity index is 1.59. The van der Waals surface area contributed by atoms with Crippen molar-refractivity contribution in [3.8, 4) is 0 Å². The van der Waals surface area contributed by atoms with E-state index >= 15 is 0 Å². The summed E-state index contributed by atoms with van der Waals surface area (Å²) in [5, 5.41) is 0. The third kappa shape index (κ3) is 5.83. The lowest BCUT2D eigenvalue weighted by Gasteiger charge is -2.17. The Kier molecular flexibility index (Phi) is 7.16. The number of hydrogen-bond donors (Lipinski definition) is 0. The topological polar surface area (TPSA) is 0 Å². The fourth-order valence-electron chi connectivity index (χ4n) is 4.71. The molecule has 5 rings (SSSR count). The highest BCUT2D eigenvalue weighted by Gasteiger charge is 2.15. The van der Waals surface area contributed by atoms with Gasteiger partial charge in [0.25, 0.3) is 0 Å². The largest absolute Gasteiger partial charge is 0.191 e. The van der Waals surface area contributed by atoms with E-state index in [0.717, 1.165) is 29.1 Å². The van der Waals surface area contributed by atoms with Gasteiger partial charge in [-0.05, 0) is 0 Å². The lowest BCUT2D eigenvalue weighted by Crippen LogP contribution is -2.54. The summed E-state index contributed by atoms with van der Waals surface area (Å²) < 4.78 is 0. The van der Waals surface area contributed by atoms with Gasteiger partial charge in [-0.15, -0.1) is 0 Å². The van der Waals surface area contributed by atoms with Crippen LogP contribution in [0.15, 0.2) is 133 Å². The predicted molar refractivity (Wildman–Crippen MR) is 158 cm³/mol. The van der Waals surface area contributed by atoms with Crippen LogP contribution in [0.25, 0.3) is 0 Å². The summed E-state index contributed by atoms with van der Waals surface area (Å²) in [5.74, 6) is 0. The van der Waals surface area contributed by atoms with Crippen LogP contribution >= 0.6 is 0 Å². The van der Waals surface area contributed by atoms with Crippen LogP contribution in [0.3, 0.4) is 0 Å². The normalized spacial score (nSPS) is 10.4. The van der Waals surface area contributed by atoms with Gasteiger partial charge in [0.2, 0.25) is 0 Å². The zero-order chi connectivity index (χ0) is 23.0. The van der Waals surface area contributed by atoms with Crippen LogP contribution in [0.5, 0.6) is 0 Å². The molecule has 0 aliphatic heterocycles. The first-order chi connectivity index (χ1) is 16.8. The van der Waals surface area contributed by atoms with Crippen LogP contribution in [0.2, 0.25) is 0 Å². The van der Waals surface area contributed by atoms with Crippen LogP contribution in [0.4, 0.5) is 0 Å². The van der Waals surface area contributed by atoms with Crippen molar-refractivity contribution in [2.24, 2.45) is 0 Å². The predicted octanol–water partition coefficient (Wildman–Crippen LogP) is -0.764. The van der Waals surface area contributed by atoms with E-state index in [9.17, 15) is 0 Å². The van der Waals surface area contributed by atoms with Crippen molar-refractivity contribution in [1.29, 1.82) is 0 Å². The van der Waals surface area contributed by atoms with Gasteiger partial charge in [-0.25, -0.2) is 0 Å². The summed E-state index contributed by atoms with van der Waals surface area (Å²) in [5.41, 5.74) is 11.2. The van der Waals surface area contributed by atoms with Crippen LogP contribution in [0.1, 0.15) is 0 Å². The molecule has 0 fully saturated rings. The van der Waals surface area contributed by atoms with Crippen molar-refractivity contribution in [1.82, 2.24) is 0 Å². The molecule has 0 spiro atoms. The fourth-order valence-corrected chi connectivity index (χ4v) is 4.71. The molecule has 0 aromatic heterocycles. The molecule has 0 aliphatic carbocycles. The molecule has 5 aromatic carbocycles. The summed E-state index contributed by atoms with van der Waals surface area (Å²) in [6, 6.07) is 48.4. The van der Waals surface area contributed by atoms with E-state index in [-0.39, 0.29) is 0 Å². The van der Waals surface area contributed by atoms with E-state index in [0.29, 0.717) is 0 Å². The highest BCUT2D eigenvalue weighted by atomic mass is 14.0. The first-order valence-corrected chi connectivity index (χ1v) is 12.1. The molecule has 0 unspecified atom stereocenters. The van der Waals surface area contributed by atoms with Gasteiger partial charge in [0.1, 0.15) is 0 Å². The maximum atomic E-state index is 2.48. The molecule has 158 valence electrons. The molecule has 0 nitrogen and oxygen atoms in total. The van der Waals surface area contributed by atoms with Crippen LogP contribution in [-0.4, -0.2) is 29.1 Å². The van der Waals surface area contributed by atoms with Gasteiger partial charge in [0.15, 0.2) is 29.1 Å². The summed E-state index contributed by atoms with van der Waals surface area (Å²) >= 11 is 0. The van der Waals surface area contributed by atoms with Crippen molar-refractivity contribution in [3.05, 3.63) is 133 Å². The second-order valence-corrected chi connectivity index (χ2v) is 9.04. The van der Waals surface area contributed by atoms with Crippen molar-refractivity contribution in [2.45, 2.75) is 0 Å². The van der Waals surface area contributed by atoms with Crippen molar-refractivity contribution < 1.29 is 0 Å². The second-order valence-electron chi connectivity index (χ2n) is 9.04. The van der Waals surface area contributed by atoms with E-state index in [1.807, 2.05) is 0 Å². The molecule has 0 saturated heterocycles. The van der Waals surface area contributed by atoms with Crippen LogP contribution in [0, 0.1) is 0 Å². The highest BCUT2D eigenvalue weighted by Crippen LogP contribution is 1.88. The van der Waals surface area contributed by atoms with Gasteiger partial charge in [-0.3, -0.25) is 0 Å². The van der Waals surface area contributed by atoms with E-state index < -0.39 is 0 Å². The summed E-state index contributed by atoms with van der Waals surface area (Å²) in [6.07, 6.45) is 0. The van der Waals surface area contributed by atoms with Crippen LogP contribution < -0.4 is 43.7 Å². The van der Waals surface area contributed by atoms with Gasteiger partial charge in [-0.1, -0.05) is 177 Å². The Hall–Kier alpha value is -3.64. The third-order valence-electron chi connectivity index (χ3n) is 6.47. The first-order valence-electron chi connectivity index (χ1n) is 12.1. The summed E-state index contributed by atoms with van der Waals surface area (Å²) in [7, 11) is 3.82. The zero-order valence-corrected chi connectivity index (χ0v) is 19.5. The zero-order valence-electron chi connectivity index (χ0n) is 19.5. The Morgan fingerprint density at radius 2 is 0.471 bits per heavy atom. The molecule has 0 atom stereocenters. The van der Waals surface area contributed by atoms with Gasteiger partial charge >= 0.3 is 0 Å².